The van der Waals surface area contributed by atoms with Gasteiger partial charge in [-0.15, -0.1) is 0 Å². The maximum atomic E-state index is 12.7. The molecule has 4 rings (SSSR count). The van der Waals surface area contributed by atoms with Crippen LogP contribution in [0.1, 0.15) is 32.1 Å². The highest BCUT2D eigenvalue weighted by molar-refractivity contribution is 6.31. The average Bonchev–Trinajstić information content (AvgIpc) is 2.67. The molecule has 1 aromatic carbocycles. The summed E-state index contributed by atoms with van der Waals surface area (Å²) < 4.78 is 0. The number of anilines is 1. The van der Waals surface area contributed by atoms with Crippen LogP contribution >= 0.6 is 11.6 Å². The van der Waals surface area contributed by atoms with Crippen molar-refractivity contribution in [2.24, 2.45) is 5.92 Å². The third kappa shape index (κ3) is 3.43. The maximum Gasteiger partial charge on any atom is 0.225 e. The molecule has 1 saturated carbocycles. The molecule has 0 unspecified atom stereocenters. The van der Waals surface area contributed by atoms with Gasteiger partial charge < -0.3 is 9.80 Å². The van der Waals surface area contributed by atoms with Crippen molar-refractivity contribution < 1.29 is 4.79 Å². The zero-order valence-corrected chi connectivity index (χ0v) is 15.1. The normalized spacial score (nSPS) is 19.4. The molecule has 0 bridgehead atoms. The van der Waals surface area contributed by atoms with Gasteiger partial charge in [0.15, 0.2) is 0 Å². The van der Waals surface area contributed by atoms with Gasteiger partial charge in [-0.25, -0.2) is 9.97 Å². The number of benzene rings is 1. The second kappa shape index (κ2) is 7.16. The molecular formula is C19H23ClN4O. The molecule has 0 N–H and O–H groups in total. The van der Waals surface area contributed by atoms with E-state index in [2.05, 4.69) is 14.9 Å². The van der Waals surface area contributed by atoms with Crippen LogP contribution in [0, 0.1) is 5.92 Å². The Morgan fingerprint density at radius 1 is 1.04 bits per heavy atom. The van der Waals surface area contributed by atoms with E-state index in [4.69, 9.17) is 11.6 Å². The van der Waals surface area contributed by atoms with Crippen LogP contribution in [0.2, 0.25) is 5.02 Å². The van der Waals surface area contributed by atoms with Crippen LogP contribution in [0.25, 0.3) is 10.9 Å². The zero-order chi connectivity index (χ0) is 17.2. The SMILES string of the molecule is O=C(C1CCCCC1)N1CCN(c2ncnc3cc(Cl)ccc23)CC1. The van der Waals surface area contributed by atoms with E-state index < -0.39 is 0 Å². The van der Waals surface area contributed by atoms with Crippen LogP contribution in [0.15, 0.2) is 24.5 Å². The van der Waals surface area contributed by atoms with E-state index >= 15 is 0 Å². The molecular weight excluding hydrogens is 336 g/mol. The minimum Gasteiger partial charge on any atom is -0.352 e. The van der Waals surface area contributed by atoms with Gasteiger partial charge in [-0.2, -0.15) is 0 Å². The van der Waals surface area contributed by atoms with Crippen molar-refractivity contribution in [2.45, 2.75) is 32.1 Å². The topological polar surface area (TPSA) is 49.3 Å². The predicted octanol–water partition coefficient (Wildman–Crippen LogP) is 3.51. The average molecular weight is 359 g/mol. The van der Waals surface area contributed by atoms with Gasteiger partial charge in [-0.05, 0) is 31.0 Å². The van der Waals surface area contributed by atoms with Crippen LogP contribution in [0.3, 0.4) is 0 Å². The molecule has 1 aliphatic heterocycles. The van der Waals surface area contributed by atoms with Crippen LogP contribution in [0.5, 0.6) is 0 Å². The monoisotopic (exact) mass is 358 g/mol. The summed E-state index contributed by atoms with van der Waals surface area (Å²) in [5.41, 5.74) is 0.859. The molecule has 1 aliphatic carbocycles. The molecule has 2 aliphatic rings. The maximum absolute atomic E-state index is 12.7. The number of nitrogens with zero attached hydrogens (tertiary/aromatic N) is 4. The molecule has 2 aromatic rings. The van der Waals surface area contributed by atoms with Crippen LogP contribution in [-0.4, -0.2) is 47.0 Å². The fraction of sp³-hybridized carbons (Fsp3) is 0.526. The summed E-state index contributed by atoms with van der Waals surface area (Å²) in [5, 5.41) is 1.69. The lowest BCUT2D eigenvalue weighted by atomic mass is 9.88. The molecule has 2 heterocycles. The Morgan fingerprint density at radius 3 is 2.56 bits per heavy atom. The van der Waals surface area contributed by atoms with E-state index in [1.807, 2.05) is 23.1 Å². The Kier molecular flexibility index (Phi) is 4.75. The van der Waals surface area contributed by atoms with Crippen molar-refractivity contribution in [3.63, 3.8) is 0 Å². The van der Waals surface area contributed by atoms with Crippen LogP contribution in [-0.2, 0) is 4.79 Å². The summed E-state index contributed by atoms with van der Waals surface area (Å²) >= 11 is 6.07. The summed E-state index contributed by atoms with van der Waals surface area (Å²) in [5.74, 6) is 1.55. The Hall–Kier alpha value is -1.88. The molecule has 0 spiro atoms. The van der Waals surface area contributed by atoms with Gasteiger partial charge in [0, 0.05) is 42.5 Å². The minimum atomic E-state index is 0.252. The summed E-state index contributed by atoms with van der Waals surface area (Å²) in [7, 11) is 0. The molecule has 5 nitrogen and oxygen atoms in total. The Balaban J connectivity index is 1.46. The van der Waals surface area contributed by atoms with Crippen molar-refractivity contribution >= 4 is 34.2 Å². The van der Waals surface area contributed by atoms with Gasteiger partial charge >= 0.3 is 0 Å². The molecule has 132 valence electrons. The highest BCUT2D eigenvalue weighted by atomic mass is 35.5. The van der Waals surface area contributed by atoms with E-state index in [9.17, 15) is 4.79 Å². The largest absolute Gasteiger partial charge is 0.352 e. The van der Waals surface area contributed by atoms with E-state index in [1.54, 1.807) is 6.33 Å². The first kappa shape index (κ1) is 16.6. The number of hydrogen-bond acceptors (Lipinski definition) is 4. The number of halogens is 1. The molecule has 6 heteroatoms. The number of rotatable bonds is 2. The van der Waals surface area contributed by atoms with Gasteiger partial charge in [0.05, 0.1) is 5.52 Å². The van der Waals surface area contributed by atoms with Gasteiger partial charge in [-0.3, -0.25) is 4.79 Å². The fourth-order valence-corrected chi connectivity index (χ4v) is 4.18. The Labute approximate surface area is 153 Å². The first-order chi connectivity index (χ1) is 12.2. The smallest absolute Gasteiger partial charge is 0.225 e. The summed E-state index contributed by atoms with van der Waals surface area (Å²) in [6, 6.07) is 5.72. The first-order valence-corrected chi connectivity index (χ1v) is 9.54. The van der Waals surface area contributed by atoms with Crippen LogP contribution < -0.4 is 4.90 Å². The lowest BCUT2D eigenvalue weighted by molar-refractivity contribution is -0.136. The molecule has 25 heavy (non-hydrogen) atoms. The number of carbonyl (C=O) groups is 1. The highest BCUT2D eigenvalue weighted by Crippen LogP contribution is 2.28. The lowest BCUT2D eigenvalue weighted by Gasteiger charge is -2.37. The zero-order valence-electron chi connectivity index (χ0n) is 14.3. The van der Waals surface area contributed by atoms with Crippen molar-refractivity contribution in [3.8, 4) is 0 Å². The lowest BCUT2D eigenvalue weighted by Crippen LogP contribution is -2.50. The Morgan fingerprint density at radius 2 is 1.80 bits per heavy atom. The fourth-order valence-electron chi connectivity index (χ4n) is 4.01. The molecule has 1 aromatic heterocycles. The summed E-state index contributed by atoms with van der Waals surface area (Å²) in [4.78, 5) is 25.8. The number of hydrogen-bond donors (Lipinski definition) is 0. The van der Waals surface area contributed by atoms with E-state index in [0.717, 1.165) is 55.7 Å². The van der Waals surface area contributed by atoms with Gasteiger partial charge in [0.2, 0.25) is 5.91 Å². The molecule has 0 radical (unpaired) electrons. The minimum absolute atomic E-state index is 0.252. The van der Waals surface area contributed by atoms with Crippen LogP contribution in [0.4, 0.5) is 5.82 Å². The van der Waals surface area contributed by atoms with Gasteiger partial charge in [0.1, 0.15) is 12.1 Å². The number of amides is 1. The quantitative estimate of drug-likeness (QED) is 0.824. The predicted molar refractivity (Wildman–Crippen MR) is 99.9 cm³/mol. The second-order valence-electron chi connectivity index (χ2n) is 7.01. The van der Waals surface area contributed by atoms with Crippen molar-refractivity contribution in [2.75, 3.05) is 31.1 Å². The van der Waals surface area contributed by atoms with Crippen molar-refractivity contribution in [3.05, 3.63) is 29.5 Å². The third-order valence-electron chi connectivity index (χ3n) is 5.42. The molecule has 1 amide bonds. The standard InChI is InChI=1S/C19H23ClN4O/c20-15-6-7-16-17(12-15)21-13-22-18(16)23-8-10-24(11-9-23)19(25)14-4-2-1-3-5-14/h6-7,12-14H,1-5,8-11H2. The van der Waals surface area contributed by atoms with Crippen molar-refractivity contribution in [1.82, 2.24) is 14.9 Å². The third-order valence-corrected chi connectivity index (χ3v) is 5.66. The Bertz CT molecular complexity index is 767. The number of fused-ring (bicyclic) bond motifs is 1. The van der Waals surface area contributed by atoms with Gasteiger partial charge in [0.25, 0.3) is 0 Å². The van der Waals surface area contributed by atoms with Gasteiger partial charge in [-0.1, -0.05) is 30.9 Å². The first-order valence-electron chi connectivity index (χ1n) is 9.16. The molecule has 2 fully saturated rings. The highest BCUT2D eigenvalue weighted by Gasteiger charge is 2.29. The molecule has 1 saturated heterocycles. The van der Waals surface area contributed by atoms with Crippen molar-refractivity contribution in [1.29, 1.82) is 0 Å². The summed E-state index contributed by atoms with van der Waals surface area (Å²) in [6.07, 6.45) is 7.40. The second-order valence-corrected chi connectivity index (χ2v) is 7.44. The van der Waals surface area contributed by atoms with E-state index in [0.29, 0.717) is 10.9 Å². The number of aromatic nitrogens is 2. The van der Waals surface area contributed by atoms with E-state index in [-0.39, 0.29) is 5.92 Å². The molecule has 0 atom stereocenters. The van der Waals surface area contributed by atoms with E-state index in [1.165, 1.54) is 19.3 Å². The summed E-state index contributed by atoms with van der Waals surface area (Å²) in [6.45, 7) is 3.17. The number of piperazine rings is 1. The number of carbonyl (C=O) groups excluding carboxylic acids is 1.